The van der Waals surface area contributed by atoms with Gasteiger partial charge in [0.25, 0.3) is 5.91 Å². The van der Waals surface area contributed by atoms with Crippen LogP contribution in [0.15, 0.2) is 78.9 Å². The zero-order chi connectivity index (χ0) is 23.0. The maximum atomic E-state index is 12.4. The molecule has 7 heteroatoms. The van der Waals surface area contributed by atoms with E-state index < -0.39 is 0 Å². The van der Waals surface area contributed by atoms with E-state index >= 15 is 0 Å². The molecule has 0 spiro atoms. The third-order valence-corrected chi connectivity index (χ3v) is 5.49. The highest BCUT2D eigenvalue weighted by atomic mass is 16.2. The highest BCUT2D eigenvalue weighted by Gasteiger charge is 2.16. The van der Waals surface area contributed by atoms with Crippen molar-refractivity contribution in [2.75, 3.05) is 31.1 Å². The first-order valence-corrected chi connectivity index (χ1v) is 10.9. The predicted molar refractivity (Wildman–Crippen MR) is 128 cm³/mol. The third-order valence-electron chi connectivity index (χ3n) is 5.49. The number of benzene rings is 3. The third kappa shape index (κ3) is 5.98. The van der Waals surface area contributed by atoms with Crippen LogP contribution in [0.1, 0.15) is 15.9 Å². The lowest BCUT2D eigenvalue weighted by Crippen LogP contribution is -2.47. The van der Waals surface area contributed by atoms with Gasteiger partial charge in [0.15, 0.2) is 0 Å². The van der Waals surface area contributed by atoms with Gasteiger partial charge in [0.1, 0.15) is 0 Å². The van der Waals surface area contributed by atoms with E-state index in [1.54, 1.807) is 12.1 Å². The summed E-state index contributed by atoms with van der Waals surface area (Å²) in [5.41, 5.74) is 4.53. The average molecular weight is 443 g/mol. The van der Waals surface area contributed by atoms with Gasteiger partial charge in [0.2, 0.25) is 11.8 Å². The van der Waals surface area contributed by atoms with Crippen LogP contribution in [0.4, 0.5) is 5.69 Å². The van der Waals surface area contributed by atoms with Crippen LogP contribution in [0.3, 0.4) is 0 Å². The Bertz CT molecular complexity index is 1110. The van der Waals surface area contributed by atoms with Crippen LogP contribution < -0.4 is 20.9 Å². The molecule has 0 aliphatic carbocycles. The van der Waals surface area contributed by atoms with Crippen molar-refractivity contribution >= 4 is 23.4 Å². The first-order valence-electron chi connectivity index (χ1n) is 10.9. The molecule has 1 saturated heterocycles. The quantitative estimate of drug-likeness (QED) is 0.524. The summed E-state index contributed by atoms with van der Waals surface area (Å²) in [6, 6.07) is 25.0. The summed E-state index contributed by atoms with van der Waals surface area (Å²) in [4.78, 5) is 38.1. The van der Waals surface area contributed by atoms with Gasteiger partial charge in [-0.2, -0.15) is 0 Å². The Kier molecular flexibility index (Phi) is 6.99. The van der Waals surface area contributed by atoms with E-state index in [0.717, 1.165) is 28.9 Å². The lowest BCUT2D eigenvalue weighted by Gasteiger charge is -2.28. The number of anilines is 1. The largest absolute Gasteiger partial charge is 0.360 e. The molecule has 1 fully saturated rings. The van der Waals surface area contributed by atoms with Crippen molar-refractivity contribution < 1.29 is 14.4 Å². The number of carbonyl (C=O) groups is 3. The zero-order valence-corrected chi connectivity index (χ0v) is 18.2. The molecule has 33 heavy (non-hydrogen) atoms. The molecular weight excluding hydrogens is 416 g/mol. The fraction of sp³-hybridized carbons (Fsp3) is 0.192. The van der Waals surface area contributed by atoms with Crippen molar-refractivity contribution in [3.8, 4) is 11.1 Å². The molecule has 3 amide bonds. The highest BCUT2D eigenvalue weighted by Crippen LogP contribution is 2.19. The van der Waals surface area contributed by atoms with E-state index in [4.69, 9.17) is 0 Å². The molecule has 0 saturated carbocycles. The van der Waals surface area contributed by atoms with Gasteiger partial charge in [-0.15, -0.1) is 0 Å². The molecule has 1 aliphatic heterocycles. The molecule has 3 aromatic rings. The molecule has 0 radical (unpaired) electrons. The Hall–Kier alpha value is -4.13. The second kappa shape index (κ2) is 10.5. The fourth-order valence-corrected chi connectivity index (χ4v) is 3.65. The summed E-state index contributed by atoms with van der Waals surface area (Å²) in [6.07, 6.45) is 0. The summed E-state index contributed by atoms with van der Waals surface area (Å²) < 4.78 is 0. The molecule has 1 aliphatic rings. The number of hydrogen-bond donors (Lipinski definition) is 3. The summed E-state index contributed by atoms with van der Waals surface area (Å²) in [7, 11) is 0. The zero-order valence-electron chi connectivity index (χ0n) is 18.2. The van der Waals surface area contributed by atoms with Crippen LogP contribution in [0, 0.1) is 0 Å². The molecule has 7 nitrogen and oxygen atoms in total. The maximum Gasteiger partial charge on any atom is 0.251 e. The SMILES string of the molecule is O=C(CNC(=O)c1ccc(-c2ccccc2)cc1)NCc1ccc(N2CCNC(=O)C2)cc1. The highest BCUT2D eigenvalue weighted by molar-refractivity contribution is 5.96. The van der Waals surface area contributed by atoms with E-state index in [1.165, 1.54) is 0 Å². The van der Waals surface area contributed by atoms with Gasteiger partial charge in [0.05, 0.1) is 13.1 Å². The van der Waals surface area contributed by atoms with Crippen molar-refractivity contribution in [2.45, 2.75) is 6.54 Å². The molecule has 0 unspecified atom stereocenters. The monoisotopic (exact) mass is 442 g/mol. The average Bonchev–Trinajstić information content (AvgIpc) is 2.87. The van der Waals surface area contributed by atoms with E-state index in [0.29, 0.717) is 25.2 Å². The second-order valence-corrected chi connectivity index (χ2v) is 7.84. The van der Waals surface area contributed by atoms with Gasteiger partial charge in [-0.25, -0.2) is 0 Å². The van der Waals surface area contributed by atoms with Crippen LogP contribution in [-0.2, 0) is 16.1 Å². The molecule has 0 aromatic heterocycles. The molecular formula is C26H26N4O3. The van der Waals surface area contributed by atoms with E-state index in [9.17, 15) is 14.4 Å². The number of rotatable bonds is 7. The number of amides is 3. The number of nitrogens with zero attached hydrogens (tertiary/aromatic N) is 1. The predicted octanol–water partition coefficient (Wildman–Crippen LogP) is 2.34. The smallest absolute Gasteiger partial charge is 0.251 e. The minimum atomic E-state index is -0.292. The Balaban J connectivity index is 1.22. The van der Waals surface area contributed by atoms with Crippen LogP contribution in [0.25, 0.3) is 11.1 Å². The minimum absolute atomic E-state index is 0.0202. The van der Waals surface area contributed by atoms with Gasteiger partial charge in [-0.05, 0) is 41.0 Å². The van der Waals surface area contributed by atoms with Gasteiger partial charge in [-0.3, -0.25) is 14.4 Å². The van der Waals surface area contributed by atoms with Gasteiger partial charge >= 0.3 is 0 Å². The first-order chi connectivity index (χ1) is 16.1. The Labute approximate surface area is 192 Å². The van der Waals surface area contributed by atoms with Crippen molar-refractivity contribution in [2.24, 2.45) is 0 Å². The van der Waals surface area contributed by atoms with Crippen LogP contribution in [-0.4, -0.2) is 43.9 Å². The molecule has 3 N–H and O–H groups in total. The molecule has 4 rings (SSSR count). The van der Waals surface area contributed by atoms with Gasteiger partial charge in [0, 0.05) is 30.9 Å². The Morgan fingerprint density at radius 2 is 1.55 bits per heavy atom. The van der Waals surface area contributed by atoms with E-state index in [1.807, 2.05) is 71.6 Å². The number of hydrogen-bond acceptors (Lipinski definition) is 4. The van der Waals surface area contributed by atoms with Crippen molar-refractivity contribution in [3.63, 3.8) is 0 Å². The standard InChI is InChI=1S/C26H26N4O3/c31-24(28-16-19-6-12-23(13-7-19)30-15-14-27-25(32)18-30)17-29-26(33)22-10-8-21(9-11-22)20-4-2-1-3-5-20/h1-13H,14-18H2,(H,27,32)(H,28,31)(H,29,33). The van der Waals surface area contributed by atoms with E-state index in [-0.39, 0.29) is 24.3 Å². The van der Waals surface area contributed by atoms with E-state index in [2.05, 4.69) is 16.0 Å². The second-order valence-electron chi connectivity index (χ2n) is 7.84. The first kappa shape index (κ1) is 22.1. The molecule has 0 atom stereocenters. The molecule has 0 bridgehead atoms. The topological polar surface area (TPSA) is 90.5 Å². The van der Waals surface area contributed by atoms with Crippen LogP contribution in [0.5, 0.6) is 0 Å². The summed E-state index contributed by atoms with van der Waals surface area (Å²) >= 11 is 0. The minimum Gasteiger partial charge on any atom is -0.360 e. The van der Waals surface area contributed by atoms with Gasteiger partial charge < -0.3 is 20.9 Å². The maximum absolute atomic E-state index is 12.4. The molecule has 1 heterocycles. The van der Waals surface area contributed by atoms with Crippen molar-refractivity contribution in [3.05, 3.63) is 90.0 Å². The van der Waals surface area contributed by atoms with Crippen LogP contribution in [0.2, 0.25) is 0 Å². The van der Waals surface area contributed by atoms with Crippen molar-refractivity contribution in [1.82, 2.24) is 16.0 Å². The normalized spacial score (nSPS) is 13.2. The lowest BCUT2D eigenvalue weighted by atomic mass is 10.0. The van der Waals surface area contributed by atoms with Gasteiger partial charge in [-0.1, -0.05) is 54.6 Å². The summed E-state index contributed by atoms with van der Waals surface area (Å²) in [6.45, 7) is 2.03. The Morgan fingerprint density at radius 3 is 2.24 bits per heavy atom. The number of nitrogens with one attached hydrogen (secondary N) is 3. The number of carbonyl (C=O) groups excluding carboxylic acids is 3. The summed E-state index contributed by atoms with van der Waals surface area (Å²) in [5, 5.41) is 8.27. The lowest BCUT2D eigenvalue weighted by molar-refractivity contribution is -0.121. The molecule has 3 aromatic carbocycles. The summed E-state index contributed by atoms with van der Waals surface area (Å²) in [5.74, 6) is -0.535. The Morgan fingerprint density at radius 1 is 0.848 bits per heavy atom. The van der Waals surface area contributed by atoms with Crippen LogP contribution >= 0.6 is 0 Å². The fourth-order valence-electron chi connectivity index (χ4n) is 3.65. The number of piperazine rings is 1. The molecule has 168 valence electrons. The van der Waals surface area contributed by atoms with Crippen molar-refractivity contribution in [1.29, 1.82) is 0 Å².